The monoisotopic (exact) mass is 246 g/mol. The summed E-state index contributed by atoms with van der Waals surface area (Å²) in [6.07, 6.45) is 0. The molecule has 0 heterocycles. The van der Waals surface area contributed by atoms with Crippen molar-refractivity contribution in [2.45, 2.75) is 19.9 Å². The molecule has 0 fully saturated rings. The largest absolute Gasteiger partial charge is 0.361 e. The van der Waals surface area contributed by atoms with Gasteiger partial charge in [0.15, 0.2) is 0 Å². The van der Waals surface area contributed by atoms with Crippen LogP contribution in [-0.2, 0) is 4.79 Å². The van der Waals surface area contributed by atoms with Crippen LogP contribution < -0.4 is 16.2 Å². The van der Waals surface area contributed by atoms with Gasteiger partial charge in [0.2, 0.25) is 0 Å². The lowest BCUT2D eigenvalue weighted by Crippen LogP contribution is -2.50. The Hall–Kier alpha value is -2.06. The number of benzene rings is 1. The number of carbonyl (C=O) groups excluding carboxylic acids is 1. The average Bonchev–Trinajstić information content (AvgIpc) is 2.37. The molecule has 1 atom stereocenters. The second kappa shape index (κ2) is 6.03. The number of nitrogens with zero attached hydrogens (tertiary/aromatic N) is 2. The number of hydrogen-bond acceptors (Lipinski definition) is 4. The third-order valence-electron chi connectivity index (χ3n) is 2.86. The predicted octanol–water partition coefficient (Wildman–Crippen LogP) is 1.01. The van der Waals surface area contributed by atoms with Crippen molar-refractivity contribution in [1.29, 1.82) is 5.26 Å². The van der Waals surface area contributed by atoms with Crippen molar-refractivity contribution >= 4 is 11.6 Å². The summed E-state index contributed by atoms with van der Waals surface area (Å²) in [7, 11) is 1.79. The number of likely N-dealkylation sites (N-methyl/N-ethyl adjacent to an activating group) is 1. The molecule has 1 aromatic carbocycles. The highest BCUT2D eigenvalue weighted by Gasteiger charge is 2.27. The highest BCUT2D eigenvalue weighted by molar-refractivity contribution is 5.85. The number of rotatable bonds is 4. The van der Waals surface area contributed by atoms with Crippen LogP contribution in [0, 0.1) is 17.2 Å². The van der Waals surface area contributed by atoms with Crippen LogP contribution in [0.4, 0.5) is 5.69 Å². The summed E-state index contributed by atoms with van der Waals surface area (Å²) >= 11 is 0. The van der Waals surface area contributed by atoms with Gasteiger partial charge >= 0.3 is 0 Å². The van der Waals surface area contributed by atoms with Gasteiger partial charge in [-0.1, -0.05) is 26.0 Å². The third kappa shape index (κ3) is 2.79. The first kappa shape index (κ1) is 14.0. The first-order chi connectivity index (χ1) is 8.52. The van der Waals surface area contributed by atoms with E-state index in [0.29, 0.717) is 5.56 Å². The van der Waals surface area contributed by atoms with Crippen molar-refractivity contribution in [2.24, 2.45) is 11.8 Å². The standard InChI is InChI=1S/C13H18N4O/c1-9(2)12(13(18)16-15)17(3)11-7-5-4-6-10(11)8-14/h4-7,9,12H,15H2,1-3H3,(H,16,18). The molecule has 18 heavy (non-hydrogen) atoms. The Bertz CT molecular complexity index is 464. The SMILES string of the molecule is CC(C)C(C(=O)NN)N(C)c1ccccc1C#N. The zero-order valence-corrected chi connectivity index (χ0v) is 10.8. The van der Waals surface area contributed by atoms with Gasteiger partial charge in [-0.25, -0.2) is 5.84 Å². The molecule has 5 nitrogen and oxygen atoms in total. The maximum absolute atomic E-state index is 11.8. The quantitative estimate of drug-likeness (QED) is 0.472. The van der Waals surface area contributed by atoms with E-state index in [1.165, 1.54) is 0 Å². The summed E-state index contributed by atoms with van der Waals surface area (Å²) in [6, 6.07) is 8.89. The smallest absolute Gasteiger partial charge is 0.256 e. The molecule has 0 saturated heterocycles. The molecule has 0 radical (unpaired) electrons. The van der Waals surface area contributed by atoms with Gasteiger partial charge < -0.3 is 4.90 Å². The Labute approximate surface area is 107 Å². The molecule has 0 saturated carbocycles. The Morgan fingerprint density at radius 3 is 2.56 bits per heavy atom. The topological polar surface area (TPSA) is 82.2 Å². The number of nitrogens with one attached hydrogen (secondary N) is 1. The van der Waals surface area contributed by atoms with E-state index >= 15 is 0 Å². The molecule has 5 heteroatoms. The molecule has 3 N–H and O–H groups in total. The molecule has 1 amide bonds. The zero-order chi connectivity index (χ0) is 13.7. The number of nitrogens with two attached hydrogens (primary N) is 1. The summed E-state index contributed by atoms with van der Waals surface area (Å²) in [5.41, 5.74) is 3.43. The average molecular weight is 246 g/mol. The number of para-hydroxylation sites is 1. The molecule has 0 aliphatic heterocycles. The highest BCUT2D eigenvalue weighted by atomic mass is 16.2. The van der Waals surface area contributed by atoms with Crippen LogP contribution in [0.2, 0.25) is 0 Å². The fraction of sp³-hybridized carbons (Fsp3) is 0.385. The van der Waals surface area contributed by atoms with Gasteiger partial charge in [-0.2, -0.15) is 5.26 Å². The summed E-state index contributed by atoms with van der Waals surface area (Å²) in [6.45, 7) is 3.87. The molecule has 0 bridgehead atoms. The van der Waals surface area contributed by atoms with Gasteiger partial charge in [-0.3, -0.25) is 10.2 Å². The Morgan fingerprint density at radius 2 is 2.06 bits per heavy atom. The number of hydrogen-bond donors (Lipinski definition) is 2. The number of anilines is 1. The maximum Gasteiger partial charge on any atom is 0.256 e. The summed E-state index contributed by atoms with van der Waals surface area (Å²) < 4.78 is 0. The molecule has 96 valence electrons. The van der Waals surface area contributed by atoms with Crippen molar-refractivity contribution in [3.8, 4) is 6.07 Å². The summed E-state index contributed by atoms with van der Waals surface area (Å²) in [5.74, 6) is 5.02. The predicted molar refractivity (Wildman–Crippen MR) is 70.5 cm³/mol. The number of nitriles is 1. The van der Waals surface area contributed by atoms with Crippen LogP contribution in [0.3, 0.4) is 0 Å². The van der Waals surface area contributed by atoms with E-state index in [1.807, 2.05) is 26.0 Å². The summed E-state index contributed by atoms with van der Waals surface area (Å²) in [4.78, 5) is 13.6. The highest BCUT2D eigenvalue weighted by Crippen LogP contribution is 2.23. The van der Waals surface area contributed by atoms with E-state index in [-0.39, 0.29) is 11.8 Å². The lowest BCUT2D eigenvalue weighted by atomic mass is 10.0. The van der Waals surface area contributed by atoms with E-state index in [1.54, 1.807) is 24.1 Å². The van der Waals surface area contributed by atoms with Crippen molar-refractivity contribution < 1.29 is 4.79 Å². The zero-order valence-electron chi connectivity index (χ0n) is 10.8. The van der Waals surface area contributed by atoms with Crippen LogP contribution >= 0.6 is 0 Å². The first-order valence-electron chi connectivity index (χ1n) is 5.75. The fourth-order valence-corrected chi connectivity index (χ4v) is 2.04. The van der Waals surface area contributed by atoms with Crippen molar-refractivity contribution in [1.82, 2.24) is 5.43 Å². The van der Waals surface area contributed by atoms with Crippen molar-refractivity contribution in [2.75, 3.05) is 11.9 Å². The first-order valence-corrected chi connectivity index (χ1v) is 5.75. The van der Waals surface area contributed by atoms with E-state index < -0.39 is 6.04 Å². The van der Waals surface area contributed by atoms with Crippen LogP contribution in [0.25, 0.3) is 0 Å². The third-order valence-corrected chi connectivity index (χ3v) is 2.86. The van der Waals surface area contributed by atoms with Gasteiger partial charge in [0.1, 0.15) is 12.1 Å². The Kier molecular flexibility index (Phi) is 4.69. The normalized spacial score (nSPS) is 11.8. The maximum atomic E-state index is 11.8. The minimum Gasteiger partial charge on any atom is -0.361 e. The lowest BCUT2D eigenvalue weighted by Gasteiger charge is -2.31. The van der Waals surface area contributed by atoms with Crippen molar-refractivity contribution in [3.05, 3.63) is 29.8 Å². The number of carbonyl (C=O) groups is 1. The molecule has 1 rings (SSSR count). The van der Waals surface area contributed by atoms with E-state index in [4.69, 9.17) is 11.1 Å². The second-order valence-electron chi connectivity index (χ2n) is 4.44. The van der Waals surface area contributed by atoms with Crippen LogP contribution in [0.15, 0.2) is 24.3 Å². The van der Waals surface area contributed by atoms with E-state index in [0.717, 1.165) is 5.69 Å². The Morgan fingerprint density at radius 1 is 1.44 bits per heavy atom. The number of amides is 1. The second-order valence-corrected chi connectivity index (χ2v) is 4.44. The number of hydrazine groups is 1. The van der Waals surface area contributed by atoms with Gasteiger partial charge in [0.05, 0.1) is 11.3 Å². The lowest BCUT2D eigenvalue weighted by molar-refractivity contribution is -0.123. The van der Waals surface area contributed by atoms with E-state index in [2.05, 4.69) is 11.5 Å². The van der Waals surface area contributed by atoms with Crippen LogP contribution in [0.5, 0.6) is 0 Å². The minimum atomic E-state index is -0.413. The van der Waals surface area contributed by atoms with Gasteiger partial charge in [-0.15, -0.1) is 0 Å². The van der Waals surface area contributed by atoms with E-state index in [9.17, 15) is 4.79 Å². The van der Waals surface area contributed by atoms with Gasteiger partial charge in [0, 0.05) is 7.05 Å². The Balaban J connectivity index is 3.14. The van der Waals surface area contributed by atoms with Gasteiger partial charge in [0.25, 0.3) is 5.91 Å². The van der Waals surface area contributed by atoms with Crippen molar-refractivity contribution in [3.63, 3.8) is 0 Å². The van der Waals surface area contributed by atoms with Crippen LogP contribution in [0.1, 0.15) is 19.4 Å². The molecule has 0 aliphatic rings. The molecule has 1 unspecified atom stereocenters. The molecule has 0 aromatic heterocycles. The van der Waals surface area contributed by atoms with Crippen LogP contribution in [-0.4, -0.2) is 19.0 Å². The molecular weight excluding hydrogens is 228 g/mol. The molecule has 0 aliphatic carbocycles. The van der Waals surface area contributed by atoms with Gasteiger partial charge in [-0.05, 0) is 18.1 Å². The fourth-order valence-electron chi connectivity index (χ4n) is 2.04. The molecular formula is C13H18N4O. The summed E-state index contributed by atoms with van der Waals surface area (Å²) in [5, 5.41) is 9.08. The molecule has 0 spiro atoms. The molecule has 1 aromatic rings. The minimum absolute atomic E-state index is 0.0744.